The number of anilines is 1. The number of nitrogens with zero attached hydrogens (tertiary/aromatic N) is 4. The molecule has 2 amide bonds. The van der Waals surface area contributed by atoms with Crippen LogP contribution in [0, 0.1) is 20.8 Å². The van der Waals surface area contributed by atoms with Crippen LogP contribution in [0.2, 0.25) is 0 Å². The van der Waals surface area contributed by atoms with Gasteiger partial charge in [0.05, 0.1) is 23.6 Å². The number of amides is 2. The number of nitrogens with one attached hydrogen (secondary N) is 2. The van der Waals surface area contributed by atoms with E-state index in [-0.39, 0.29) is 12.1 Å². The van der Waals surface area contributed by atoms with Gasteiger partial charge in [-0.25, -0.2) is 9.48 Å². The van der Waals surface area contributed by atoms with Crippen molar-refractivity contribution in [1.82, 2.24) is 24.9 Å². The largest absolute Gasteiger partial charge is 0.331 e. The third-order valence-corrected chi connectivity index (χ3v) is 4.50. The summed E-state index contributed by atoms with van der Waals surface area (Å²) in [4.78, 5) is 12.5. The van der Waals surface area contributed by atoms with E-state index in [2.05, 4.69) is 20.8 Å². The number of hydrogen-bond donors (Lipinski definition) is 2. The zero-order valence-corrected chi connectivity index (χ0v) is 15.7. The van der Waals surface area contributed by atoms with Gasteiger partial charge in [-0.1, -0.05) is 18.2 Å². The van der Waals surface area contributed by atoms with Crippen LogP contribution >= 0.6 is 0 Å². The lowest BCUT2D eigenvalue weighted by molar-refractivity contribution is 0.249. The molecular formula is C19H24N6O. The minimum atomic E-state index is -0.282. The first kappa shape index (κ1) is 17.7. The molecule has 0 spiro atoms. The normalized spacial score (nSPS) is 12.0. The van der Waals surface area contributed by atoms with Crippen LogP contribution in [0.25, 0.3) is 5.69 Å². The Morgan fingerprint density at radius 2 is 1.92 bits per heavy atom. The summed E-state index contributed by atoms with van der Waals surface area (Å²) in [7, 11) is 1.88. The number of carbonyl (C=O) groups excluding carboxylic acids is 1. The van der Waals surface area contributed by atoms with Crippen molar-refractivity contribution in [2.75, 3.05) is 5.32 Å². The van der Waals surface area contributed by atoms with Crippen molar-refractivity contribution in [2.45, 2.75) is 33.7 Å². The van der Waals surface area contributed by atoms with Crippen molar-refractivity contribution in [3.05, 3.63) is 59.0 Å². The standard InChI is InChI=1S/C19H24N6O/c1-12-8-6-7-9-17(12)25-18(10-13(2)23-25)22-19(26)21-14(3)16-11-20-24(5)15(16)4/h6-11,14H,1-5H3,(H2,21,22,26)/t14-/m0/s1. The summed E-state index contributed by atoms with van der Waals surface area (Å²) < 4.78 is 3.55. The predicted octanol–water partition coefficient (Wildman–Crippen LogP) is 3.41. The highest BCUT2D eigenvalue weighted by atomic mass is 16.2. The molecular weight excluding hydrogens is 328 g/mol. The lowest BCUT2D eigenvalue weighted by Gasteiger charge is -2.15. The van der Waals surface area contributed by atoms with Gasteiger partial charge >= 0.3 is 6.03 Å². The van der Waals surface area contributed by atoms with E-state index in [1.54, 1.807) is 15.6 Å². The van der Waals surface area contributed by atoms with Crippen LogP contribution < -0.4 is 10.6 Å². The second kappa shape index (κ2) is 7.03. The van der Waals surface area contributed by atoms with Crippen molar-refractivity contribution >= 4 is 11.8 Å². The molecule has 0 aliphatic heterocycles. The SMILES string of the molecule is Cc1cc(NC(=O)N[C@@H](C)c2cnn(C)c2C)n(-c2ccccc2C)n1. The topological polar surface area (TPSA) is 76.8 Å². The smallest absolute Gasteiger partial charge is 0.320 e. The summed E-state index contributed by atoms with van der Waals surface area (Å²) in [6.07, 6.45) is 1.78. The van der Waals surface area contributed by atoms with Crippen molar-refractivity contribution in [3.63, 3.8) is 0 Å². The first-order valence-electron chi connectivity index (χ1n) is 8.55. The zero-order chi connectivity index (χ0) is 18.8. The van der Waals surface area contributed by atoms with Gasteiger partial charge in [0.2, 0.25) is 0 Å². The third-order valence-electron chi connectivity index (χ3n) is 4.50. The number of para-hydroxylation sites is 1. The molecule has 3 rings (SSSR count). The second-order valence-electron chi connectivity index (χ2n) is 6.50. The fourth-order valence-electron chi connectivity index (χ4n) is 2.94. The molecule has 0 saturated carbocycles. The monoisotopic (exact) mass is 352 g/mol. The summed E-state index contributed by atoms with van der Waals surface area (Å²) in [6.45, 7) is 7.84. The summed E-state index contributed by atoms with van der Waals surface area (Å²) in [6, 6.07) is 9.35. The van der Waals surface area contributed by atoms with Gasteiger partial charge in [-0.15, -0.1) is 0 Å². The van der Waals surface area contributed by atoms with E-state index >= 15 is 0 Å². The maximum Gasteiger partial charge on any atom is 0.320 e. The van der Waals surface area contributed by atoms with E-state index in [1.807, 2.05) is 65.1 Å². The summed E-state index contributed by atoms with van der Waals surface area (Å²) in [5.41, 5.74) is 4.87. The van der Waals surface area contributed by atoms with E-state index in [4.69, 9.17) is 0 Å². The number of aromatic nitrogens is 4. The molecule has 1 aromatic carbocycles. The maximum absolute atomic E-state index is 12.5. The van der Waals surface area contributed by atoms with Crippen molar-refractivity contribution in [3.8, 4) is 5.69 Å². The van der Waals surface area contributed by atoms with Crippen LogP contribution in [-0.2, 0) is 7.05 Å². The Labute approximate surface area is 153 Å². The van der Waals surface area contributed by atoms with Crippen molar-refractivity contribution < 1.29 is 4.79 Å². The number of aryl methyl sites for hydroxylation is 3. The van der Waals surface area contributed by atoms with Gasteiger partial charge in [-0.3, -0.25) is 10.00 Å². The summed E-state index contributed by atoms with van der Waals surface area (Å²) in [5, 5.41) is 14.6. The van der Waals surface area contributed by atoms with Crippen LogP contribution in [-0.4, -0.2) is 25.6 Å². The highest BCUT2D eigenvalue weighted by Crippen LogP contribution is 2.21. The van der Waals surface area contributed by atoms with Gasteiger partial charge in [0.15, 0.2) is 0 Å². The van der Waals surface area contributed by atoms with E-state index < -0.39 is 0 Å². The number of hydrogen-bond acceptors (Lipinski definition) is 3. The third kappa shape index (κ3) is 3.46. The lowest BCUT2D eigenvalue weighted by Crippen LogP contribution is -2.32. The highest BCUT2D eigenvalue weighted by molar-refractivity contribution is 5.89. The molecule has 7 nitrogen and oxygen atoms in total. The van der Waals surface area contributed by atoms with Gasteiger partial charge in [-0.2, -0.15) is 10.2 Å². The van der Waals surface area contributed by atoms with Gasteiger partial charge < -0.3 is 5.32 Å². The van der Waals surface area contributed by atoms with Gasteiger partial charge in [0.1, 0.15) is 5.82 Å². The number of carbonyl (C=O) groups is 1. The number of rotatable bonds is 4. The van der Waals surface area contributed by atoms with E-state index in [1.165, 1.54) is 0 Å². The highest BCUT2D eigenvalue weighted by Gasteiger charge is 2.17. The molecule has 7 heteroatoms. The number of benzene rings is 1. The Kier molecular flexibility index (Phi) is 4.79. The first-order chi connectivity index (χ1) is 12.4. The van der Waals surface area contributed by atoms with Crippen molar-refractivity contribution in [1.29, 1.82) is 0 Å². The van der Waals surface area contributed by atoms with Crippen molar-refractivity contribution in [2.24, 2.45) is 7.05 Å². The lowest BCUT2D eigenvalue weighted by atomic mass is 10.1. The maximum atomic E-state index is 12.5. The molecule has 3 aromatic rings. The molecule has 0 fully saturated rings. The molecule has 26 heavy (non-hydrogen) atoms. The van der Waals surface area contributed by atoms with Gasteiger partial charge in [0, 0.05) is 24.4 Å². The van der Waals surface area contributed by atoms with E-state index in [0.29, 0.717) is 5.82 Å². The van der Waals surface area contributed by atoms with Gasteiger partial charge in [0.25, 0.3) is 0 Å². The van der Waals surface area contributed by atoms with E-state index in [9.17, 15) is 4.79 Å². The van der Waals surface area contributed by atoms with Crippen LogP contribution in [0.1, 0.15) is 35.5 Å². The fraction of sp³-hybridized carbons (Fsp3) is 0.316. The number of urea groups is 1. The molecule has 2 heterocycles. The quantitative estimate of drug-likeness (QED) is 0.755. The molecule has 0 aliphatic rings. The summed E-state index contributed by atoms with van der Waals surface area (Å²) in [5.74, 6) is 0.629. The average molecular weight is 352 g/mol. The second-order valence-corrected chi connectivity index (χ2v) is 6.50. The van der Waals surface area contributed by atoms with E-state index in [0.717, 1.165) is 28.2 Å². The zero-order valence-electron chi connectivity index (χ0n) is 15.7. The molecule has 0 radical (unpaired) electrons. The Morgan fingerprint density at radius 3 is 2.58 bits per heavy atom. The molecule has 2 N–H and O–H groups in total. The summed E-state index contributed by atoms with van der Waals surface area (Å²) >= 11 is 0. The Hall–Kier alpha value is -3.09. The minimum absolute atomic E-state index is 0.153. The molecule has 0 saturated heterocycles. The Balaban J connectivity index is 1.78. The fourth-order valence-corrected chi connectivity index (χ4v) is 2.94. The van der Waals surface area contributed by atoms with Crippen LogP contribution in [0.4, 0.5) is 10.6 Å². The first-order valence-corrected chi connectivity index (χ1v) is 8.55. The molecule has 0 unspecified atom stereocenters. The van der Waals surface area contributed by atoms with Crippen LogP contribution in [0.5, 0.6) is 0 Å². The molecule has 136 valence electrons. The Morgan fingerprint density at radius 1 is 1.19 bits per heavy atom. The average Bonchev–Trinajstić information content (AvgIpc) is 3.10. The van der Waals surface area contributed by atoms with Gasteiger partial charge in [-0.05, 0) is 39.3 Å². The molecule has 0 bridgehead atoms. The molecule has 2 aromatic heterocycles. The Bertz CT molecular complexity index is 939. The van der Waals surface area contributed by atoms with Crippen LogP contribution in [0.15, 0.2) is 36.5 Å². The van der Waals surface area contributed by atoms with Crippen LogP contribution in [0.3, 0.4) is 0 Å². The predicted molar refractivity (Wildman–Crippen MR) is 102 cm³/mol. The molecule has 1 atom stereocenters. The molecule has 0 aliphatic carbocycles. The minimum Gasteiger partial charge on any atom is -0.331 e.